The van der Waals surface area contributed by atoms with Gasteiger partial charge in [-0.05, 0) is 33.9 Å². The average molecular weight is 287 g/mol. The van der Waals surface area contributed by atoms with Crippen molar-refractivity contribution in [2.45, 2.75) is 51.6 Å². The number of hydrogen-bond acceptors (Lipinski definition) is 3. The normalized spacial score (nSPS) is 16.7. The maximum Gasteiger partial charge on any atom is 0.0850 e. The van der Waals surface area contributed by atoms with Crippen LogP contribution in [0.25, 0.3) is 0 Å². The molecule has 0 aromatic carbocycles. The zero-order valence-electron chi connectivity index (χ0n) is 13.0. The standard InChI is InChI=1S/C14H27ClN4/c1-7-10-13(15)11(19(6)17-10)9-12(16)14(3,8-2)18(4)5/h12H,7-9,16H2,1-6H3. The van der Waals surface area contributed by atoms with Gasteiger partial charge in [-0.25, -0.2) is 0 Å². The Hall–Kier alpha value is -0.580. The summed E-state index contributed by atoms with van der Waals surface area (Å²) < 4.78 is 1.87. The van der Waals surface area contributed by atoms with Gasteiger partial charge in [0.25, 0.3) is 0 Å². The van der Waals surface area contributed by atoms with E-state index in [0.717, 1.165) is 35.7 Å². The van der Waals surface area contributed by atoms with Gasteiger partial charge in [0.15, 0.2) is 0 Å². The maximum absolute atomic E-state index is 6.44. The van der Waals surface area contributed by atoms with E-state index < -0.39 is 0 Å². The Morgan fingerprint density at radius 1 is 1.42 bits per heavy atom. The van der Waals surface area contributed by atoms with Crippen LogP contribution >= 0.6 is 11.6 Å². The smallest absolute Gasteiger partial charge is 0.0850 e. The zero-order chi connectivity index (χ0) is 14.8. The lowest BCUT2D eigenvalue weighted by molar-refractivity contribution is 0.130. The molecule has 110 valence electrons. The van der Waals surface area contributed by atoms with E-state index in [1.165, 1.54) is 0 Å². The zero-order valence-corrected chi connectivity index (χ0v) is 13.8. The van der Waals surface area contributed by atoms with Crippen LogP contribution in [-0.4, -0.2) is 40.4 Å². The molecule has 0 saturated carbocycles. The van der Waals surface area contributed by atoms with Gasteiger partial charge in [0.1, 0.15) is 0 Å². The molecule has 1 rings (SSSR count). The molecule has 0 aliphatic heterocycles. The Morgan fingerprint density at radius 3 is 2.37 bits per heavy atom. The van der Waals surface area contributed by atoms with E-state index in [1.807, 2.05) is 11.7 Å². The summed E-state index contributed by atoms with van der Waals surface area (Å²) in [5, 5.41) is 5.23. The van der Waals surface area contributed by atoms with Crippen molar-refractivity contribution in [2.75, 3.05) is 14.1 Å². The van der Waals surface area contributed by atoms with E-state index >= 15 is 0 Å². The van der Waals surface area contributed by atoms with Crippen LogP contribution in [0.5, 0.6) is 0 Å². The Labute approximate surface area is 121 Å². The molecule has 19 heavy (non-hydrogen) atoms. The van der Waals surface area contributed by atoms with Crippen molar-refractivity contribution >= 4 is 11.6 Å². The van der Waals surface area contributed by atoms with Gasteiger partial charge in [0.05, 0.1) is 16.4 Å². The van der Waals surface area contributed by atoms with Crippen LogP contribution in [0, 0.1) is 0 Å². The first-order valence-electron chi connectivity index (χ1n) is 6.91. The van der Waals surface area contributed by atoms with Crippen LogP contribution in [0.15, 0.2) is 0 Å². The van der Waals surface area contributed by atoms with Gasteiger partial charge in [0.2, 0.25) is 0 Å². The fourth-order valence-electron chi connectivity index (χ4n) is 2.38. The predicted molar refractivity (Wildman–Crippen MR) is 81.7 cm³/mol. The topological polar surface area (TPSA) is 47.1 Å². The summed E-state index contributed by atoms with van der Waals surface area (Å²) in [7, 11) is 6.09. The number of hydrogen-bond donors (Lipinski definition) is 1. The lowest BCUT2D eigenvalue weighted by Gasteiger charge is -2.41. The quantitative estimate of drug-likeness (QED) is 0.872. The van der Waals surface area contributed by atoms with E-state index in [9.17, 15) is 0 Å². The number of rotatable bonds is 6. The minimum Gasteiger partial charge on any atom is -0.326 e. The maximum atomic E-state index is 6.44. The van der Waals surface area contributed by atoms with Crippen molar-refractivity contribution in [3.63, 3.8) is 0 Å². The van der Waals surface area contributed by atoms with E-state index in [-0.39, 0.29) is 11.6 Å². The van der Waals surface area contributed by atoms with Crippen molar-refractivity contribution in [3.05, 3.63) is 16.4 Å². The van der Waals surface area contributed by atoms with Gasteiger partial charge < -0.3 is 10.6 Å². The number of nitrogens with two attached hydrogens (primary N) is 1. The molecule has 4 nitrogen and oxygen atoms in total. The molecule has 0 saturated heterocycles. The van der Waals surface area contributed by atoms with Gasteiger partial charge in [-0.2, -0.15) is 5.10 Å². The second kappa shape index (κ2) is 6.25. The molecule has 2 unspecified atom stereocenters. The molecule has 2 N–H and O–H groups in total. The monoisotopic (exact) mass is 286 g/mol. The second-order valence-electron chi connectivity index (χ2n) is 5.60. The van der Waals surface area contributed by atoms with E-state index in [4.69, 9.17) is 17.3 Å². The first kappa shape index (κ1) is 16.5. The molecule has 0 bridgehead atoms. The molecule has 5 heteroatoms. The number of halogens is 1. The third kappa shape index (κ3) is 3.12. The van der Waals surface area contributed by atoms with Crippen LogP contribution in [0.4, 0.5) is 0 Å². The third-order valence-electron chi connectivity index (χ3n) is 4.45. The Morgan fingerprint density at radius 2 is 2.00 bits per heavy atom. The highest BCUT2D eigenvalue weighted by Crippen LogP contribution is 2.27. The molecular weight excluding hydrogens is 260 g/mol. The SMILES string of the molecule is CCc1nn(C)c(CC(N)C(C)(CC)N(C)C)c1Cl. The molecule has 1 aromatic heterocycles. The van der Waals surface area contributed by atoms with Crippen molar-refractivity contribution in [1.29, 1.82) is 0 Å². The number of aryl methyl sites for hydroxylation is 2. The number of likely N-dealkylation sites (N-methyl/N-ethyl adjacent to an activating group) is 1. The summed E-state index contributed by atoms with van der Waals surface area (Å²) in [6, 6.07) is 0.0186. The first-order chi connectivity index (χ1) is 8.77. The molecular formula is C14H27ClN4. The first-order valence-corrected chi connectivity index (χ1v) is 7.28. The summed E-state index contributed by atoms with van der Waals surface area (Å²) in [5.74, 6) is 0. The number of aromatic nitrogens is 2. The van der Waals surface area contributed by atoms with E-state index in [1.54, 1.807) is 0 Å². The summed E-state index contributed by atoms with van der Waals surface area (Å²) in [6.07, 6.45) is 2.59. The van der Waals surface area contributed by atoms with Crippen LogP contribution in [0.3, 0.4) is 0 Å². The predicted octanol–water partition coefficient (Wildman–Crippen LogP) is 2.24. The van der Waals surface area contributed by atoms with Crippen LogP contribution in [-0.2, 0) is 19.9 Å². The Kier molecular flexibility index (Phi) is 5.42. The Balaban J connectivity index is 2.99. The highest BCUT2D eigenvalue weighted by atomic mass is 35.5. The van der Waals surface area contributed by atoms with Crippen LogP contribution in [0.2, 0.25) is 5.02 Å². The highest BCUT2D eigenvalue weighted by Gasteiger charge is 2.33. The fraction of sp³-hybridized carbons (Fsp3) is 0.786. The van der Waals surface area contributed by atoms with Crippen molar-refractivity contribution in [1.82, 2.24) is 14.7 Å². The minimum absolute atomic E-state index is 0.0186. The van der Waals surface area contributed by atoms with E-state index in [0.29, 0.717) is 0 Å². The average Bonchev–Trinajstić information content (AvgIpc) is 2.64. The lowest BCUT2D eigenvalue weighted by Crippen LogP contribution is -2.56. The van der Waals surface area contributed by atoms with Gasteiger partial charge in [-0.15, -0.1) is 0 Å². The summed E-state index contributed by atoms with van der Waals surface area (Å²) >= 11 is 6.39. The second-order valence-corrected chi connectivity index (χ2v) is 5.98. The van der Waals surface area contributed by atoms with Crippen molar-refractivity contribution in [3.8, 4) is 0 Å². The van der Waals surface area contributed by atoms with Gasteiger partial charge in [0, 0.05) is 25.0 Å². The molecule has 1 heterocycles. The van der Waals surface area contributed by atoms with E-state index in [2.05, 4.69) is 44.9 Å². The molecule has 2 atom stereocenters. The lowest BCUT2D eigenvalue weighted by atomic mass is 9.86. The third-order valence-corrected chi connectivity index (χ3v) is 4.89. The molecule has 0 aliphatic carbocycles. The molecule has 0 amide bonds. The molecule has 0 spiro atoms. The van der Waals surface area contributed by atoms with Crippen LogP contribution < -0.4 is 5.73 Å². The Bertz CT molecular complexity index is 427. The van der Waals surface area contributed by atoms with Gasteiger partial charge in [-0.3, -0.25) is 4.68 Å². The van der Waals surface area contributed by atoms with Crippen molar-refractivity contribution < 1.29 is 0 Å². The van der Waals surface area contributed by atoms with Gasteiger partial charge >= 0.3 is 0 Å². The highest BCUT2D eigenvalue weighted by molar-refractivity contribution is 6.31. The summed E-state index contributed by atoms with van der Waals surface area (Å²) in [4.78, 5) is 2.20. The van der Waals surface area contributed by atoms with Crippen molar-refractivity contribution in [2.24, 2.45) is 12.8 Å². The largest absolute Gasteiger partial charge is 0.326 e. The summed E-state index contributed by atoms with van der Waals surface area (Å²) in [6.45, 7) is 6.43. The fourth-order valence-corrected chi connectivity index (χ4v) is 2.75. The molecule has 0 aliphatic rings. The molecule has 1 aromatic rings. The molecule has 0 radical (unpaired) electrons. The molecule has 0 fully saturated rings. The minimum atomic E-state index is -0.0417. The van der Waals surface area contributed by atoms with Gasteiger partial charge in [-0.1, -0.05) is 25.4 Å². The summed E-state index contributed by atoms with van der Waals surface area (Å²) in [5.41, 5.74) is 8.39. The van der Waals surface area contributed by atoms with Crippen LogP contribution in [0.1, 0.15) is 38.6 Å². The number of nitrogens with zero attached hydrogens (tertiary/aromatic N) is 3.